The van der Waals surface area contributed by atoms with Crippen LogP contribution < -0.4 is 10.1 Å². The highest BCUT2D eigenvalue weighted by atomic mass is 16.5. The first-order valence-electron chi connectivity index (χ1n) is 7.36. The minimum atomic E-state index is -0.0576. The van der Waals surface area contributed by atoms with Crippen molar-refractivity contribution in [3.8, 4) is 5.75 Å². The summed E-state index contributed by atoms with van der Waals surface area (Å²) >= 11 is 0. The van der Waals surface area contributed by atoms with Gasteiger partial charge < -0.3 is 10.1 Å². The molecule has 0 atom stereocenters. The first kappa shape index (κ1) is 16.5. The van der Waals surface area contributed by atoms with Crippen LogP contribution in [0.4, 0.5) is 0 Å². The van der Waals surface area contributed by atoms with Crippen LogP contribution in [-0.2, 0) is 4.79 Å². The lowest BCUT2D eigenvalue weighted by Crippen LogP contribution is -2.36. The number of ether oxygens (including phenoxy) is 1. The number of hydrogen-bond acceptors (Lipinski definition) is 2. The van der Waals surface area contributed by atoms with Crippen LogP contribution in [0.2, 0.25) is 0 Å². The molecular weight excluding hydrogens is 250 g/mol. The van der Waals surface area contributed by atoms with Crippen molar-refractivity contribution < 1.29 is 9.53 Å². The standard InChI is InChI=1S/C17H27NO2/c1-12(2)16(13(3)4)10-18-17(19)11-20-15-8-6-7-14(5)9-15/h6-9,12-13,16H,10-11H2,1-5H3,(H,18,19). The maximum Gasteiger partial charge on any atom is 0.257 e. The zero-order chi connectivity index (χ0) is 15.1. The minimum absolute atomic E-state index is 0.0576. The third kappa shape index (κ3) is 5.64. The molecule has 0 saturated heterocycles. The van der Waals surface area contributed by atoms with Crippen molar-refractivity contribution in [3.05, 3.63) is 29.8 Å². The summed E-state index contributed by atoms with van der Waals surface area (Å²) in [6.45, 7) is 11.6. The number of hydrogen-bond donors (Lipinski definition) is 1. The smallest absolute Gasteiger partial charge is 0.257 e. The van der Waals surface area contributed by atoms with Crippen LogP contribution in [0.15, 0.2) is 24.3 Å². The van der Waals surface area contributed by atoms with E-state index in [1.165, 1.54) is 0 Å². The molecule has 1 N–H and O–H groups in total. The Morgan fingerprint density at radius 3 is 2.40 bits per heavy atom. The van der Waals surface area contributed by atoms with Gasteiger partial charge in [-0.05, 0) is 42.4 Å². The summed E-state index contributed by atoms with van der Waals surface area (Å²) in [7, 11) is 0. The maximum atomic E-state index is 11.8. The van der Waals surface area contributed by atoms with Gasteiger partial charge in [0.25, 0.3) is 5.91 Å². The zero-order valence-electron chi connectivity index (χ0n) is 13.3. The lowest BCUT2D eigenvalue weighted by atomic mass is 9.85. The van der Waals surface area contributed by atoms with E-state index in [1.54, 1.807) is 0 Å². The van der Waals surface area contributed by atoms with Crippen LogP contribution in [0.1, 0.15) is 33.3 Å². The molecule has 20 heavy (non-hydrogen) atoms. The molecule has 1 aromatic carbocycles. The van der Waals surface area contributed by atoms with E-state index >= 15 is 0 Å². The number of carbonyl (C=O) groups excluding carboxylic acids is 1. The van der Waals surface area contributed by atoms with Crippen molar-refractivity contribution in [2.45, 2.75) is 34.6 Å². The summed E-state index contributed by atoms with van der Waals surface area (Å²) < 4.78 is 5.49. The molecule has 0 bridgehead atoms. The topological polar surface area (TPSA) is 38.3 Å². The van der Waals surface area contributed by atoms with Gasteiger partial charge in [0.2, 0.25) is 0 Å². The van der Waals surface area contributed by atoms with E-state index in [2.05, 4.69) is 33.0 Å². The van der Waals surface area contributed by atoms with Crippen molar-refractivity contribution >= 4 is 5.91 Å². The fraction of sp³-hybridized carbons (Fsp3) is 0.588. The Kier molecular flexibility index (Phi) is 6.56. The molecule has 0 saturated carbocycles. The molecule has 1 aromatic rings. The maximum absolute atomic E-state index is 11.8. The Bertz CT molecular complexity index is 419. The van der Waals surface area contributed by atoms with Gasteiger partial charge in [-0.1, -0.05) is 39.8 Å². The Morgan fingerprint density at radius 1 is 1.20 bits per heavy atom. The van der Waals surface area contributed by atoms with Crippen molar-refractivity contribution in [3.63, 3.8) is 0 Å². The second kappa shape index (κ2) is 7.93. The quantitative estimate of drug-likeness (QED) is 0.829. The van der Waals surface area contributed by atoms with E-state index in [0.29, 0.717) is 24.3 Å². The molecule has 3 heteroatoms. The number of aryl methyl sites for hydroxylation is 1. The molecular formula is C17H27NO2. The third-order valence-electron chi connectivity index (χ3n) is 3.61. The molecule has 0 fully saturated rings. The van der Waals surface area contributed by atoms with Gasteiger partial charge in [-0.3, -0.25) is 4.79 Å². The SMILES string of the molecule is Cc1cccc(OCC(=O)NCC(C(C)C)C(C)C)c1. The highest BCUT2D eigenvalue weighted by Crippen LogP contribution is 2.19. The number of amides is 1. The van der Waals surface area contributed by atoms with Crippen molar-refractivity contribution in [1.82, 2.24) is 5.32 Å². The molecule has 112 valence electrons. The summed E-state index contributed by atoms with van der Waals surface area (Å²) in [4.78, 5) is 11.8. The fourth-order valence-corrected chi connectivity index (χ4v) is 2.38. The van der Waals surface area contributed by atoms with Crippen LogP contribution in [-0.4, -0.2) is 19.1 Å². The molecule has 0 aromatic heterocycles. The second-order valence-electron chi connectivity index (χ2n) is 6.06. The second-order valence-corrected chi connectivity index (χ2v) is 6.06. The summed E-state index contributed by atoms with van der Waals surface area (Å²) in [6.07, 6.45) is 0. The average Bonchev–Trinajstić information content (AvgIpc) is 2.35. The number of nitrogens with one attached hydrogen (secondary N) is 1. The molecule has 0 radical (unpaired) electrons. The van der Waals surface area contributed by atoms with E-state index in [1.807, 2.05) is 31.2 Å². The summed E-state index contributed by atoms with van der Waals surface area (Å²) in [6, 6.07) is 7.72. The molecule has 1 amide bonds. The predicted molar refractivity (Wildman–Crippen MR) is 82.8 cm³/mol. The molecule has 0 aliphatic carbocycles. The third-order valence-corrected chi connectivity index (χ3v) is 3.61. The average molecular weight is 277 g/mol. The molecule has 0 aliphatic rings. The van der Waals surface area contributed by atoms with E-state index in [0.717, 1.165) is 11.3 Å². The largest absolute Gasteiger partial charge is 0.484 e. The highest BCUT2D eigenvalue weighted by molar-refractivity contribution is 5.77. The normalized spacial score (nSPS) is 11.2. The Balaban J connectivity index is 2.37. The summed E-state index contributed by atoms with van der Waals surface area (Å²) in [5.41, 5.74) is 1.13. The van der Waals surface area contributed by atoms with Gasteiger partial charge in [0.1, 0.15) is 5.75 Å². The molecule has 0 unspecified atom stereocenters. The monoisotopic (exact) mass is 277 g/mol. The number of carbonyl (C=O) groups is 1. The van der Waals surface area contributed by atoms with Gasteiger partial charge in [0.15, 0.2) is 6.61 Å². The molecule has 0 spiro atoms. The van der Waals surface area contributed by atoms with Crippen molar-refractivity contribution in [2.24, 2.45) is 17.8 Å². The van der Waals surface area contributed by atoms with Gasteiger partial charge >= 0.3 is 0 Å². The van der Waals surface area contributed by atoms with E-state index in [9.17, 15) is 4.79 Å². The van der Waals surface area contributed by atoms with Crippen molar-refractivity contribution in [1.29, 1.82) is 0 Å². The van der Waals surface area contributed by atoms with Crippen LogP contribution in [0.25, 0.3) is 0 Å². The van der Waals surface area contributed by atoms with Gasteiger partial charge in [-0.2, -0.15) is 0 Å². The number of rotatable bonds is 7. The summed E-state index contributed by atoms with van der Waals surface area (Å²) in [5.74, 6) is 2.31. The van der Waals surface area contributed by atoms with E-state index < -0.39 is 0 Å². The zero-order valence-corrected chi connectivity index (χ0v) is 13.3. The van der Waals surface area contributed by atoms with Gasteiger partial charge in [-0.25, -0.2) is 0 Å². The molecule has 1 rings (SSSR count). The molecule has 3 nitrogen and oxygen atoms in total. The molecule has 0 aliphatic heterocycles. The Morgan fingerprint density at radius 2 is 1.85 bits per heavy atom. The first-order chi connectivity index (χ1) is 9.40. The molecule has 0 heterocycles. The Hall–Kier alpha value is -1.51. The van der Waals surface area contributed by atoms with Gasteiger partial charge in [0.05, 0.1) is 0 Å². The number of benzene rings is 1. The lowest BCUT2D eigenvalue weighted by molar-refractivity contribution is -0.123. The van der Waals surface area contributed by atoms with Crippen LogP contribution in [0, 0.1) is 24.7 Å². The van der Waals surface area contributed by atoms with Crippen molar-refractivity contribution in [2.75, 3.05) is 13.2 Å². The Labute approximate surface area is 122 Å². The predicted octanol–water partition coefficient (Wildman–Crippen LogP) is 3.42. The van der Waals surface area contributed by atoms with Gasteiger partial charge in [-0.15, -0.1) is 0 Å². The van der Waals surface area contributed by atoms with Crippen LogP contribution in [0.3, 0.4) is 0 Å². The highest BCUT2D eigenvalue weighted by Gasteiger charge is 2.18. The van der Waals surface area contributed by atoms with E-state index in [4.69, 9.17) is 4.74 Å². The van der Waals surface area contributed by atoms with Crippen LogP contribution in [0.5, 0.6) is 5.75 Å². The minimum Gasteiger partial charge on any atom is -0.484 e. The fourth-order valence-electron chi connectivity index (χ4n) is 2.38. The summed E-state index contributed by atoms with van der Waals surface area (Å²) in [5, 5.41) is 2.97. The van der Waals surface area contributed by atoms with Crippen LogP contribution >= 0.6 is 0 Å². The first-order valence-corrected chi connectivity index (χ1v) is 7.36. The van der Waals surface area contributed by atoms with Gasteiger partial charge in [0, 0.05) is 6.54 Å². The van der Waals surface area contributed by atoms with E-state index in [-0.39, 0.29) is 12.5 Å². The lowest BCUT2D eigenvalue weighted by Gasteiger charge is -2.25.